The molecule has 0 aliphatic carbocycles. The number of nitrogens with zero attached hydrogens (tertiary/aromatic N) is 2. The number of aryl methyl sites for hydroxylation is 1. The number of rotatable bonds is 9. The molecule has 176 valence electrons. The molecule has 2 aromatic carbocycles. The molecule has 0 fully saturated rings. The number of methoxy groups -OCH3 is 2. The number of benzene rings is 2. The van der Waals surface area contributed by atoms with Crippen molar-refractivity contribution in [2.45, 2.75) is 45.6 Å². The highest BCUT2D eigenvalue weighted by molar-refractivity contribution is 5.90. The topological polar surface area (TPSA) is 60.8 Å². The van der Waals surface area contributed by atoms with E-state index in [1.807, 2.05) is 6.07 Å². The summed E-state index contributed by atoms with van der Waals surface area (Å²) in [5.41, 5.74) is 5.10. The van der Waals surface area contributed by atoms with E-state index in [2.05, 4.69) is 42.8 Å². The van der Waals surface area contributed by atoms with Crippen molar-refractivity contribution in [3.05, 3.63) is 64.8 Å². The Hall–Kier alpha value is -3.28. The van der Waals surface area contributed by atoms with Gasteiger partial charge in [-0.25, -0.2) is 4.79 Å². The number of carbonyl (C=O) groups is 2. The third-order valence-electron chi connectivity index (χ3n) is 5.98. The van der Waals surface area contributed by atoms with Gasteiger partial charge in [0.15, 0.2) is 0 Å². The maximum Gasteiger partial charge on any atom is 0.337 e. The Morgan fingerprint density at radius 3 is 2.42 bits per heavy atom. The SMILES string of the molecule is COC(=O)c1ccc(Cc2cn(C(C)C)c3ccc(CCCC(=O)N(C)C)cc23)c(OC)c1. The van der Waals surface area contributed by atoms with Gasteiger partial charge in [0.1, 0.15) is 5.75 Å². The average molecular weight is 451 g/mol. The summed E-state index contributed by atoms with van der Waals surface area (Å²) in [6, 6.07) is 12.4. The Bertz CT molecular complexity index is 1140. The molecule has 0 unspecified atom stereocenters. The molecule has 0 N–H and O–H groups in total. The zero-order valence-corrected chi connectivity index (χ0v) is 20.5. The molecule has 0 aliphatic heterocycles. The molecule has 0 saturated heterocycles. The summed E-state index contributed by atoms with van der Waals surface area (Å²) in [5.74, 6) is 0.445. The van der Waals surface area contributed by atoms with Gasteiger partial charge in [0.25, 0.3) is 0 Å². The van der Waals surface area contributed by atoms with Gasteiger partial charge < -0.3 is 18.9 Å². The van der Waals surface area contributed by atoms with Crippen LogP contribution in [0.1, 0.15) is 59.8 Å². The summed E-state index contributed by atoms with van der Waals surface area (Å²) < 4.78 is 12.7. The number of fused-ring (bicyclic) bond motifs is 1. The molecule has 33 heavy (non-hydrogen) atoms. The first-order chi connectivity index (χ1) is 15.7. The molecule has 0 radical (unpaired) electrons. The molecule has 3 rings (SSSR count). The first-order valence-electron chi connectivity index (χ1n) is 11.3. The van der Waals surface area contributed by atoms with Crippen LogP contribution >= 0.6 is 0 Å². The summed E-state index contributed by atoms with van der Waals surface area (Å²) in [7, 11) is 6.57. The molecule has 1 amide bonds. The number of esters is 1. The van der Waals surface area contributed by atoms with Gasteiger partial charge in [-0.2, -0.15) is 0 Å². The average Bonchev–Trinajstić information content (AvgIpc) is 3.16. The Morgan fingerprint density at radius 1 is 1.03 bits per heavy atom. The van der Waals surface area contributed by atoms with Crippen LogP contribution in [0.25, 0.3) is 10.9 Å². The Labute approximate surface area is 196 Å². The van der Waals surface area contributed by atoms with Crippen molar-refractivity contribution in [1.29, 1.82) is 0 Å². The summed E-state index contributed by atoms with van der Waals surface area (Å²) in [4.78, 5) is 25.5. The maximum atomic E-state index is 11.9. The number of hydrogen-bond donors (Lipinski definition) is 0. The molecular weight excluding hydrogens is 416 g/mol. The monoisotopic (exact) mass is 450 g/mol. The fraction of sp³-hybridized carbons (Fsp3) is 0.407. The smallest absolute Gasteiger partial charge is 0.337 e. The molecule has 1 heterocycles. The van der Waals surface area contributed by atoms with Crippen molar-refractivity contribution < 1.29 is 19.1 Å². The van der Waals surface area contributed by atoms with E-state index in [0.29, 0.717) is 30.2 Å². The zero-order chi connectivity index (χ0) is 24.1. The van der Waals surface area contributed by atoms with Crippen LogP contribution in [0, 0.1) is 0 Å². The highest BCUT2D eigenvalue weighted by Gasteiger charge is 2.16. The number of amides is 1. The van der Waals surface area contributed by atoms with Gasteiger partial charge in [-0.1, -0.05) is 12.1 Å². The second kappa shape index (κ2) is 10.6. The summed E-state index contributed by atoms with van der Waals surface area (Å²) >= 11 is 0. The van der Waals surface area contributed by atoms with E-state index in [1.165, 1.54) is 29.1 Å². The first-order valence-corrected chi connectivity index (χ1v) is 11.3. The molecular formula is C27H34N2O4. The minimum absolute atomic E-state index is 0.158. The highest BCUT2D eigenvalue weighted by atomic mass is 16.5. The highest BCUT2D eigenvalue weighted by Crippen LogP contribution is 2.31. The second-order valence-corrected chi connectivity index (χ2v) is 8.84. The fourth-order valence-electron chi connectivity index (χ4n) is 4.10. The van der Waals surface area contributed by atoms with Crippen LogP contribution < -0.4 is 4.74 Å². The van der Waals surface area contributed by atoms with Crippen LogP contribution in [0.2, 0.25) is 0 Å². The standard InChI is InChI=1S/C27H34N2O4/c1-18(2)29-17-22(15-20-11-12-21(27(31)33-6)16-25(20)32-5)23-14-19(10-13-24(23)29)8-7-9-26(30)28(3)4/h10-14,16-18H,7-9,15H2,1-6H3. The van der Waals surface area contributed by atoms with Crippen molar-refractivity contribution in [2.75, 3.05) is 28.3 Å². The van der Waals surface area contributed by atoms with Gasteiger partial charge in [0, 0.05) is 50.1 Å². The lowest BCUT2D eigenvalue weighted by atomic mass is 9.99. The van der Waals surface area contributed by atoms with Crippen LogP contribution in [0.3, 0.4) is 0 Å². The molecule has 0 spiro atoms. The Balaban J connectivity index is 1.93. The first kappa shape index (κ1) is 24.4. The van der Waals surface area contributed by atoms with Crippen LogP contribution in [0.15, 0.2) is 42.6 Å². The van der Waals surface area contributed by atoms with Gasteiger partial charge >= 0.3 is 5.97 Å². The van der Waals surface area contributed by atoms with E-state index in [0.717, 1.165) is 18.4 Å². The largest absolute Gasteiger partial charge is 0.496 e. The van der Waals surface area contributed by atoms with Gasteiger partial charge in [0.2, 0.25) is 5.91 Å². The molecule has 3 aromatic rings. The van der Waals surface area contributed by atoms with Gasteiger partial charge in [-0.15, -0.1) is 0 Å². The van der Waals surface area contributed by atoms with Crippen molar-refractivity contribution >= 4 is 22.8 Å². The van der Waals surface area contributed by atoms with E-state index in [1.54, 1.807) is 38.2 Å². The lowest BCUT2D eigenvalue weighted by molar-refractivity contribution is -0.128. The number of hydrogen-bond acceptors (Lipinski definition) is 4. The van der Waals surface area contributed by atoms with E-state index in [4.69, 9.17) is 9.47 Å². The van der Waals surface area contributed by atoms with Crippen molar-refractivity contribution in [2.24, 2.45) is 0 Å². The molecule has 1 aromatic heterocycles. The summed E-state index contributed by atoms with van der Waals surface area (Å²) in [6.45, 7) is 4.35. The molecule has 0 saturated carbocycles. The quantitative estimate of drug-likeness (QED) is 0.430. The van der Waals surface area contributed by atoms with E-state index < -0.39 is 0 Å². The van der Waals surface area contributed by atoms with Crippen LogP contribution in [0.5, 0.6) is 5.75 Å². The molecule has 6 heteroatoms. The van der Waals surface area contributed by atoms with Crippen LogP contribution in [0.4, 0.5) is 0 Å². The third kappa shape index (κ3) is 5.56. The Morgan fingerprint density at radius 2 is 1.79 bits per heavy atom. The number of ether oxygens (including phenoxy) is 2. The van der Waals surface area contributed by atoms with Gasteiger partial charge in [-0.05, 0) is 67.6 Å². The zero-order valence-electron chi connectivity index (χ0n) is 20.5. The van der Waals surface area contributed by atoms with Gasteiger partial charge in [0.05, 0.1) is 19.8 Å². The van der Waals surface area contributed by atoms with Crippen molar-refractivity contribution in [1.82, 2.24) is 9.47 Å². The maximum absolute atomic E-state index is 11.9. The van der Waals surface area contributed by atoms with E-state index in [-0.39, 0.29) is 11.9 Å². The van der Waals surface area contributed by atoms with E-state index >= 15 is 0 Å². The third-order valence-corrected chi connectivity index (χ3v) is 5.98. The minimum atomic E-state index is -0.381. The van der Waals surface area contributed by atoms with E-state index in [9.17, 15) is 9.59 Å². The predicted octanol–water partition coefficient (Wildman–Crippen LogP) is 5.02. The lowest BCUT2D eigenvalue weighted by Crippen LogP contribution is -2.21. The minimum Gasteiger partial charge on any atom is -0.496 e. The lowest BCUT2D eigenvalue weighted by Gasteiger charge is -2.11. The molecule has 0 atom stereocenters. The summed E-state index contributed by atoms with van der Waals surface area (Å²) in [5, 5.41) is 1.21. The van der Waals surface area contributed by atoms with Crippen LogP contribution in [-0.2, 0) is 22.4 Å². The summed E-state index contributed by atoms with van der Waals surface area (Å²) in [6.07, 6.45) is 5.13. The molecule has 0 aliphatic rings. The number of carbonyl (C=O) groups excluding carboxylic acids is 2. The molecule has 0 bridgehead atoms. The Kier molecular flexibility index (Phi) is 7.79. The fourth-order valence-corrected chi connectivity index (χ4v) is 4.10. The second-order valence-electron chi connectivity index (χ2n) is 8.84. The molecule has 6 nitrogen and oxygen atoms in total. The number of aromatic nitrogens is 1. The van der Waals surface area contributed by atoms with Crippen molar-refractivity contribution in [3.63, 3.8) is 0 Å². The normalized spacial score (nSPS) is 11.1. The van der Waals surface area contributed by atoms with Crippen molar-refractivity contribution in [3.8, 4) is 5.75 Å². The van der Waals surface area contributed by atoms with Gasteiger partial charge in [-0.3, -0.25) is 4.79 Å². The predicted molar refractivity (Wildman–Crippen MR) is 131 cm³/mol. The van der Waals surface area contributed by atoms with Crippen LogP contribution in [-0.4, -0.2) is 49.7 Å².